The van der Waals surface area contributed by atoms with Crippen molar-refractivity contribution >= 4 is 11.5 Å². The van der Waals surface area contributed by atoms with Gasteiger partial charge in [0.15, 0.2) is 5.69 Å². The van der Waals surface area contributed by atoms with Crippen LogP contribution in [0.15, 0.2) is 11.6 Å². The number of ether oxygens (including phenoxy) is 1. The summed E-state index contributed by atoms with van der Waals surface area (Å²) in [5, 5.41) is 0. The highest BCUT2D eigenvalue weighted by atomic mass is 16.5. The van der Waals surface area contributed by atoms with Crippen molar-refractivity contribution in [1.29, 1.82) is 0 Å². The summed E-state index contributed by atoms with van der Waals surface area (Å²) < 4.78 is 7.49. The van der Waals surface area contributed by atoms with Crippen LogP contribution in [0.2, 0.25) is 0 Å². The summed E-state index contributed by atoms with van der Waals surface area (Å²) in [6.45, 7) is 11.6. The SMILES string of the molecule is CCOC(=O)c1nc2cc3n(c(CC)c-2c1C)CC(C)=C3C. The fourth-order valence-electron chi connectivity index (χ4n) is 3.36. The second-order valence-corrected chi connectivity index (χ2v) is 5.89. The number of allylic oxidation sites excluding steroid dienone is 2. The first-order valence-electron chi connectivity index (χ1n) is 7.86. The number of nitrogens with zero attached hydrogens (tertiary/aromatic N) is 2. The molecule has 3 rings (SSSR count). The average Bonchev–Trinajstić information content (AvgIpc) is 2.96. The van der Waals surface area contributed by atoms with E-state index in [0.29, 0.717) is 12.3 Å². The highest BCUT2D eigenvalue weighted by Crippen LogP contribution is 2.39. The third-order valence-corrected chi connectivity index (χ3v) is 4.62. The van der Waals surface area contributed by atoms with Crippen molar-refractivity contribution in [2.45, 2.75) is 47.6 Å². The summed E-state index contributed by atoms with van der Waals surface area (Å²) in [6, 6.07) is 2.11. The molecular weight excluding hydrogens is 276 g/mol. The van der Waals surface area contributed by atoms with Crippen LogP contribution in [-0.4, -0.2) is 22.1 Å². The minimum atomic E-state index is -0.327. The summed E-state index contributed by atoms with van der Waals surface area (Å²) in [5.74, 6) is -0.327. The molecule has 0 N–H and O–H groups in total. The van der Waals surface area contributed by atoms with Crippen LogP contribution in [0.1, 0.15) is 55.1 Å². The van der Waals surface area contributed by atoms with Crippen LogP contribution in [0, 0.1) is 6.92 Å². The summed E-state index contributed by atoms with van der Waals surface area (Å²) in [6.07, 6.45) is 0.916. The molecule has 0 aromatic carbocycles. The largest absolute Gasteiger partial charge is 0.461 e. The van der Waals surface area contributed by atoms with Crippen LogP contribution >= 0.6 is 0 Å². The molecule has 116 valence electrons. The number of carbonyl (C=O) groups is 1. The van der Waals surface area contributed by atoms with Crippen LogP contribution in [0.5, 0.6) is 0 Å². The van der Waals surface area contributed by atoms with Gasteiger partial charge >= 0.3 is 5.97 Å². The predicted molar refractivity (Wildman–Crippen MR) is 87.2 cm³/mol. The van der Waals surface area contributed by atoms with Crippen molar-refractivity contribution in [3.63, 3.8) is 0 Å². The molecule has 0 radical (unpaired) electrons. The number of carbonyl (C=O) groups excluding carboxylic acids is 1. The number of hydrogen-bond donors (Lipinski definition) is 0. The molecule has 3 aliphatic heterocycles. The highest BCUT2D eigenvalue weighted by molar-refractivity contribution is 5.94. The molecule has 0 aromatic heterocycles. The molecule has 0 fully saturated rings. The van der Waals surface area contributed by atoms with Crippen molar-refractivity contribution in [3.05, 3.63) is 34.3 Å². The first-order chi connectivity index (χ1) is 10.5. The van der Waals surface area contributed by atoms with Crippen LogP contribution in [0.3, 0.4) is 0 Å². The molecule has 0 unspecified atom stereocenters. The molecule has 0 aliphatic carbocycles. The van der Waals surface area contributed by atoms with Gasteiger partial charge in [-0.25, -0.2) is 9.78 Å². The molecule has 0 saturated carbocycles. The average molecular weight is 298 g/mol. The predicted octanol–water partition coefficient (Wildman–Crippen LogP) is 3.84. The second-order valence-electron chi connectivity index (χ2n) is 5.89. The maximum absolute atomic E-state index is 12.1. The molecular formula is C18H22N2O2. The Kier molecular flexibility index (Phi) is 3.55. The Labute approximate surface area is 131 Å². The van der Waals surface area contributed by atoms with Crippen molar-refractivity contribution in [2.24, 2.45) is 0 Å². The Bertz CT molecular complexity index is 768. The second kappa shape index (κ2) is 5.27. The topological polar surface area (TPSA) is 44.1 Å². The number of hydrogen-bond acceptors (Lipinski definition) is 3. The molecule has 4 heteroatoms. The van der Waals surface area contributed by atoms with Crippen molar-refractivity contribution < 1.29 is 9.53 Å². The highest BCUT2D eigenvalue weighted by Gasteiger charge is 2.28. The Morgan fingerprint density at radius 3 is 2.68 bits per heavy atom. The first kappa shape index (κ1) is 14.8. The van der Waals surface area contributed by atoms with Gasteiger partial charge in [0.05, 0.1) is 12.3 Å². The number of fused-ring (bicyclic) bond motifs is 2. The molecule has 0 aromatic rings. The molecule has 0 spiro atoms. The van der Waals surface area contributed by atoms with E-state index >= 15 is 0 Å². The molecule has 3 aliphatic rings. The molecule has 0 bridgehead atoms. The number of rotatable bonds is 3. The van der Waals surface area contributed by atoms with Crippen LogP contribution in [0.25, 0.3) is 16.8 Å². The van der Waals surface area contributed by atoms with Gasteiger partial charge in [-0.3, -0.25) is 0 Å². The Morgan fingerprint density at radius 2 is 2.05 bits per heavy atom. The zero-order valence-electron chi connectivity index (χ0n) is 13.9. The number of pyridine rings is 1. The lowest BCUT2D eigenvalue weighted by molar-refractivity contribution is 0.0519. The molecule has 0 amide bonds. The van der Waals surface area contributed by atoms with E-state index < -0.39 is 0 Å². The lowest BCUT2D eigenvalue weighted by Crippen LogP contribution is -2.09. The van der Waals surface area contributed by atoms with Crippen LogP contribution in [0.4, 0.5) is 0 Å². The van der Waals surface area contributed by atoms with E-state index in [1.165, 1.54) is 22.5 Å². The third kappa shape index (κ3) is 1.97. The summed E-state index contributed by atoms with van der Waals surface area (Å²) in [4.78, 5) is 16.7. The maximum atomic E-state index is 12.1. The zero-order valence-corrected chi connectivity index (χ0v) is 13.9. The van der Waals surface area contributed by atoms with Gasteiger partial charge in [-0.15, -0.1) is 0 Å². The fourth-order valence-corrected chi connectivity index (χ4v) is 3.36. The monoisotopic (exact) mass is 298 g/mol. The van der Waals surface area contributed by atoms with E-state index in [-0.39, 0.29) is 5.97 Å². The van der Waals surface area contributed by atoms with E-state index in [1.54, 1.807) is 0 Å². The standard InChI is InChI=1S/C18H22N2O2/c1-6-14-16-12(5)17(18(21)22-7-2)19-13(16)8-15-11(4)10(3)9-20(14)15/h8H,6-7,9H2,1-5H3. The van der Waals surface area contributed by atoms with Gasteiger partial charge in [0.2, 0.25) is 0 Å². The van der Waals surface area contributed by atoms with Gasteiger partial charge in [0.25, 0.3) is 0 Å². The quantitative estimate of drug-likeness (QED) is 0.809. The molecule has 4 nitrogen and oxygen atoms in total. The molecule has 22 heavy (non-hydrogen) atoms. The fraction of sp³-hybridized carbons (Fsp3) is 0.444. The number of aromatic nitrogens is 2. The van der Waals surface area contributed by atoms with E-state index in [4.69, 9.17) is 4.74 Å². The van der Waals surface area contributed by atoms with Crippen molar-refractivity contribution in [1.82, 2.24) is 9.55 Å². The van der Waals surface area contributed by atoms with E-state index in [0.717, 1.165) is 29.8 Å². The van der Waals surface area contributed by atoms with Crippen LogP contribution < -0.4 is 0 Å². The lowest BCUT2D eigenvalue weighted by atomic mass is 10.0. The van der Waals surface area contributed by atoms with Gasteiger partial charge in [-0.05, 0) is 56.9 Å². The summed E-state index contributed by atoms with van der Waals surface area (Å²) in [5.41, 5.74) is 8.58. The van der Waals surface area contributed by atoms with E-state index in [2.05, 4.69) is 36.4 Å². The molecule has 3 heterocycles. The van der Waals surface area contributed by atoms with Crippen LogP contribution in [-0.2, 0) is 17.7 Å². The summed E-state index contributed by atoms with van der Waals surface area (Å²) in [7, 11) is 0. The smallest absolute Gasteiger partial charge is 0.357 e. The minimum Gasteiger partial charge on any atom is -0.461 e. The molecule has 0 atom stereocenters. The zero-order chi connectivity index (χ0) is 16.0. The Morgan fingerprint density at radius 1 is 1.32 bits per heavy atom. The van der Waals surface area contributed by atoms with Gasteiger partial charge in [0.1, 0.15) is 0 Å². The van der Waals surface area contributed by atoms with Gasteiger partial charge < -0.3 is 9.30 Å². The normalized spacial score (nSPS) is 13.9. The maximum Gasteiger partial charge on any atom is 0.357 e. The minimum absolute atomic E-state index is 0.327. The van der Waals surface area contributed by atoms with Crippen molar-refractivity contribution in [3.8, 4) is 11.3 Å². The number of esters is 1. The van der Waals surface area contributed by atoms with Gasteiger partial charge in [-0.2, -0.15) is 0 Å². The third-order valence-electron chi connectivity index (χ3n) is 4.62. The Hall–Kier alpha value is -2.10. The van der Waals surface area contributed by atoms with E-state index in [9.17, 15) is 4.79 Å². The lowest BCUT2D eigenvalue weighted by Gasteiger charge is -2.17. The van der Waals surface area contributed by atoms with Crippen molar-refractivity contribution in [2.75, 3.05) is 6.61 Å². The van der Waals surface area contributed by atoms with Gasteiger partial charge in [0, 0.05) is 23.5 Å². The first-order valence-corrected chi connectivity index (χ1v) is 7.86. The van der Waals surface area contributed by atoms with Gasteiger partial charge in [-0.1, -0.05) is 6.92 Å². The van der Waals surface area contributed by atoms with E-state index in [1.807, 2.05) is 13.8 Å². The molecule has 0 saturated heterocycles. The summed E-state index contributed by atoms with van der Waals surface area (Å²) >= 11 is 0. The Balaban J connectivity index is 2.26.